The van der Waals surface area contributed by atoms with Crippen LogP contribution in [0.3, 0.4) is 0 Å². The summed E-state index contributed by atoms with van der Waals surface area (Å²) in [6.07, 6.45) is -0.450. The van der Waals surface area contributed by atoms with Crippen LogP contribution in [0.2, 0.25) is 0 Å². The minimum atomic E-state index is -0.578. The maximum Gasteiger partial charge on any atom is 0.407 e. The minimum Gasteiger partial charge on any atom is -0.444 e. The van der Waals surface area contributed by atoms with Crippen molar-refractivity contribution in [1.82, 2.24) is 15.3 Å². The fourth-order valence-electron chi connectivity index (χ4n) is 5.06. The van der Waals surface area contributed by atoms with Gasteiger partial charge in [-0.05, 0) is 50.5 Å². The van der Waals surface area contributed by atoms with E-state index in [1.54, 1.807) is 12.1 Å². The zero-order valence-corrected chi connectivity index (χ0v) is 25.5. The van der Waals surface area contributed by atoms with Gasteiger partial charge in [0.25, 0.3) is 0 Å². The van der Waals surface area contributed by atoms with Gasteiger partial charge in [-0.25, -0.2) is 14.6 Å². The summed E-state index contributed by atoms with van der Waals surface area (Å²) in [5.41, 5.74) is 3.76. The number of nitrogens with zero attached hydrogens (tertiary/aromatic N) is 4. The molecule has 2 heterocycles. The summed E-state index contributed by atoms with van der Waals surface area (Å²) in [7, 11) is 0. The summed E-state index contributed by atoms with van der Waals surface area (Å²) >= 11 is 0. The summed E-state index contributed by atoms with van der Waals surface area (Å²) in [5.74, 6) is 2.25. The van der Waals surface area contributed by atoms with Crippen LogP contribution in [0.4, 0.5) is 16.3 Å². The van der Waals surface area contributed by atoms with Gasteiger partial charge in [-0.3, -0.25) is 0 Å². The predicted molar refractivity (Wildman–Crippen MR) is 171 cm³/mol. The summed E-state index contributed by atoms with van der Waals surface area (Å²) in [5, 5.41) is 2.93. The summed E-state index contributed by atoms with van der Waals surface area (Å²) < 4.78 is 17.3. The van der Waals surface area contributed by atoms with Crippen LogP contribution < -0.4 is 15.0 Å². The molecule has 4 aromatic rings. The molecular weight excluding hydrogens is 554 g/mol. The quantitative estimate of drug-likeness (QED) is 0.215. The van der Waals surface area contributed by atoms with Gasteiger partial charge in [0.1, 0.15) is 23.0 Å². The van der Waals surface area contributed by atoms with Gasteiger partial charge in [-0.2, -0.15) is 4.98 Å². The Kier molecular flexibility index (Phi) is 9.41. The highest BCUT2D eigenvalue weighted by Gasteiger charge is 2.21. The Morgan fingerprint density at radius 2 is 1.70 bits per heavy atom. The van der Waals surface area contributed by atoms with Crippen LogP contribution in [-0.4, -0.2) is 54.5 Å². The lowest BCUT2D eigenvalue weighted by Gasteiger charge is -2.28. The fourth-order valence-corrected chi connectivity index (χ4v) is 5.06. The number of hydrogen-bond acceptors (Lipinski definition) is 7. The number of nitrogens with one attached hydrogen (secondary N) is 1. The van der Waals surface area contributed by atoms with Crippen molar-refractivity contribution in [3.8, 4) is 22.8 Å². The number of morpholine rings is 1. The zero-order valence-electron chi connectivity index (χ0n) is 25.5. The van der Waals surface area contributed by atoms with E-state index in [4.69, 9.17) is 20.8 Å². The van der Waals surface area contributed by atoms with Crippen LogP contribution in [0.5, 0.6) is 11.6 Å². The molecule has 1 N–H and O–H groups in total. The third kappa shape index (κ3) is 7.91. The Balaban J connectivity index is 1.42. The van der Waals surface area contributed by atoms with E-state index >= 15 is 0 Å². The number of carbonyl (C=O) groups is 1. The molecular formula is C35H37N5O4. The van der Waals surface area contributed by atoms with Crippen molar-refractivity contribution in [3.05, 3.63) is 107 Å². The van der Waals surface area contributed by atoms with Crippen molar-refractivity contribution >= 4 is 17.6 Å². The van der Waals surface area contributed by atoms with E-state index in [0.29, 0.717) is 42.9 Å². The number of aromatic nitrogens is 2. The number of hydrogen-bond donors (Lipinski definition) is 1. The van der Waals surface area contributed by atoms with E-state index in [0.717, 1.165) is 41.2 Å². The van der Waals surface area contributed by atoms with Crippen LogP contribution >= 0.6 is 0 Å². The lowest BCUT2D eigenvalue weighted by molar-refractivity contribution is 0.0526. The number of rotatable bonds is 8. The van der Waals surface area contributed by atoms with E-state index < -0.39 is 11.7 Å². The molecule has 5 rings (SSSR count). The normalized spacial score (nSPS) is 13.9. The second-order valence-electron chi connectivity index (χ2n) is 11.6. The van der Waals surface area contributed by atoms with Crippen molar-refractivity contribution in [2.24, 2.45) is 0 Å². The van der Waals surface area contributed by atoms with Crippen LogP contribution in [0.25, 0.3) is 16.0 Å². The summed E-state index contributed by atoms with van der Waals surface area (Å²) in [6.45, 7) is 18.1. The second-order valence-corrected chi connectivity index (χ2v) is 11.6. The Labute approximate surface area is 258 Å². The monoisotopic (exact) mass is 591 g/mol. The van der Waals surface area contributed by atoms with Gasteiger partial charge < -0.3 is 24.4 Å². The maximum absolute atomic E-state index is 12.5. The van der Waals surface area contributed by atoms with Gasteiger partial charge in [-0.1, -0.05) is 66.7 Å². The maximum atomic E-state index is 12.5. The molecule has 1 fully saturated rings. The molecule has 226 valence electrons. The molecule has 1 amide bonds. The Morgan fingerprint density at radius 1 is 1.00 bits per heavy atom. The standard InChI is InChI=1S/C35H37N5O4/c1-24-38-32(40-17-19-42-20-18-40)22-33(39-24)43-31-21-28(36-5)15-16-29(31)26-11-13-27(14-12-26)30(25-9-7-6-8-10-25)23-37-34(41)44-35(2,3)4/h6-16,21-22,30H,17-20,23H2,1-4H3,(H,37,41). The summed E-state index contributed by atoms with van der Waals surface area (Å²) in [6, 6.07) is 25.5. The predicted octanol–water partition coefficient (Wildman–Crippen LogP) is 7.29. The number of carbonyl (C=O) groups excluding carboxylic acids is 1. The van der Waals surface area contributed by atoms with E-state index in [-0.39, 0.29) is 5.92 Å². The molecule has 0 aliphatic carbocycles. The van der Waals surface area contributed by atoms with Crippen molar-refractivity contribution in [3.63, 3.8) is 0 Å². The molecule has 0 saturated carbocycles. The van der Waals surface area contributed by atoms with Gasteiger partial charge >= 0.3 is 6.09 Å². The summed E-state index contributed by atoms with van der Waals surface area (Å²) in [4.78, 5) is 27.4. The van der Waals surface area contributed by atoms with Gasteiger partial charge in [0.05, 0.1) is 19.8 Å². The molecule has 0 spiro atoms. The van der Waals surface area contributed by atoms with Gasteiger partial charge in [0, 0.05) is 37.2 Å². The number of aryl methyl sites for hydroxylation is 1. The molecule has 1 unspecified atom stereocenters. The van der Waals surface area contributed by atoms with E-state index in [1.807, 2.05) is 70.2 Å². The Morgan fingerprint density at radius 3 is 2.39 bits per heavy atom. The van der Waals surface area contributed by atoms with Gasteiger partial charge in [0.2, 0.25) is 5.88 Å². The van der Waals surface area contributed by atoms with E-state index in [1.165, 1.54) is 0 Å². The third-order valence-electron chi connectivity index (χ3n) is 7.12. The Hall–Kier alpha value is -4.94. The molecule has 0 bridgehead atoms. The first-order valence-corrected chi connectivity index (χ1v) is 14.7. The van der Waals surface area contributed by atoms with Crippen LogP contribution in [0, 0.1) is 13.5 Å². The average molecular weight is 592 g/mol. The SMILES string of the molecule is [C-]#[N+]c1ccc(-c2ccc(C(CNC(=O)OC(C)(C)C)c3ccccc3)cc2)c(Oc2cc(N3CCOCC3)nc(C)n2)c1. The molecule has 1 atom stereocenters. The number of alkyl carbamates (subject to hydrolysis) is 1. The van der Waals surface area contributed by atoms with Crippen LogP contribution in [0.15, 0.2) is 78.9 Å². The third-order valence-corrected chi connectivity index (χ3v) is 7.12. The van der Waals surface area contributed by atoms with Crippen molar-refractivity contribution < 1.29 is 19.0 Å². The topological polar surface area (TPSA) is 90.2 Å². The van der Waals surface area contributed by atoms with E-state index in [2.05, 4.69) is 49.3 Å². The number of ether oxygens (including phenoxy) is 3. The van der Waals surface area contributed by atoms with Gasteiger partial charge in [0.15, 0.2) is 5.69 Å². The first kappa shape index (κ1) is 30.5. The van der Waals surface area contributed by atoms with Crippen LogP contribution in [-0.2, 0) is 9.47 Å². The minimum absolute atomic E-state index is 0.0828. The number of benzene rings is 3. The lowest BCUT2D eigenvalue weighted by Crippen LogP contribution is -2.36. The average Bonchev–Trinajstić information content (AvgIpc) is 3.01. The largest absolute Gasteiger partial charge is 0.444 e. The fraction of sp³-hybridized carbons (Fsp3) is 0.314. The molecule has 9 heteroatoms. The molecule has 3 aromatic carbocycles. The number of anilines is 1. The number of amides is 1. The van der Waals surface area contributed by atoms with Crippen molar-refractivity contribution in [2.45, 2.75) is 39.2 Å². The molecule has 44 heavy (non-hydrogen) atoms. The molecule has 1 aliphatic rings. The van der Waals surface area contributed by atoms with Crippen molar-refractivity contribution in [1.29, 1.82) is 0 Å². The molecule has 1 aromatic heterocycles. The first-order chi connectivity index (χ1) is 21.2. The molecule has 1 saturated heterocycles. The smallest absolute Gasteiger partial charge is 0.407 e. The van der Waals surface area contributed by atoms with Crippen LogP contribution in [0.1, 0.15) is 43.6 Å². The van der Waals surface area contributed by atoms with Crippen molar-refractivity contribution in [2.75, 3.05) is 37.7 Å². The Bertz CT molecular complexity index is 1620. The van der Waals surface area contributed by atoms with E-state index in [9.17, 15) is 4.79 Å². The highest BCUT2D eigenvalue weighted by atomic mass is 16.6. The molecule has 0 radical (unpaired) electrons. The highest BCUT2D eigenvalue weighted by Crippen LogP contribution is 2.37. The lowest BCUT2D eigenvalue weighted by atomic mass is 9.90. The zero-order chi connectivity index (χ0) is 31.1. The highest BCUT2D eigenvalue weighted by molar-refractivity contribution is 5.74. The second kappa shape index (κ2) is 13.6. The molecule has 1 aliphatic heterocycles. The molecule has 9 nitrogen and oxygen atoms in total. The van der Waals surface area contributed by atoms with Gasteiger partial charge in [-0.15, -0.1) is 0 Å². The first-order valence-electron chi connectivity index (χ1n) is 14.7.